The van der Waals surface area contributed by atoms with Crippen LogP contribution < -0.4 is 0 Å². The highest BCUT2D eigenvalue weighted by Crippen LogP contribution is 2.40. The Bertz CT molecular complexity index is 2090. The zero-order chi connectivity index (χ0) is 26.5. The number of aromatic amines is 1. The number of benzene rings is 5. The first kappa shape index (κ1) is 22.4. The van der Waals surface area contributed by atoms with Gasteiger partial charge in [0.2, 0.25) is 0 Å². The fourth-order valence-electron chi connectivity index (χ4n) is 5.56. The highest BCUT2D eigenvalue weighted by Gasteiger charge is 2.20. The number of H-pyrrole nitrogens is 1. The number of para-hydroxylation sites is 2. The minimum Gasteiger partial charge on any atom is -0.354 e. The van der Waals surface area contributed by atoms with Gasteiger partial charge < -0.3 is 9.55 Å². The van der Waals surface area contributed by atoms with Gasteiger partial charge in [-0.05, 0) is 30.3 Å². The fraction of sp³-hybridized carbons (Fsp3) is 0. The second-order valence-electron chi connectivity index (χ2n) is 9.84. The molecule has 0 spiro atoms. The average molecular weight is 514 g/mol. The summed E-state index contributed by atoms with van der Waals surface area (Å²) in [6.45, 7) is 0. The molecule has 8 aromatic rings. The van der Waals surface area contributed by atoms with Crippen molar-refractivity contribution in [3.05, 3.63) is 134 Å². The SMILES string of the molecule is c1ccc(-c2nc(-c3ccccc3)nc(-c3cc4ccn(-c5ccccc5)c4c4c3[nH]c3ccccc34)n2)cc1. The Morgan fingerprint density at radius 1 is 0.550 bits per heavy atom. The van der Waals surface area contributed by atoms with Crippen molar-refractivity contribution in [1.29, 1.82) is 0 Å². The Hall–Kier alpha value is -5.55. The second-order valence-corrected chi connectivity index (χ2v) is 9.84. The highest BCUT2D eigenvalue weighted by molar-refractivity contribution is 6.23. The van der Waals surface area contributed by atoms with Crippen LogP contribution in [0.2, 0.25) is 0 Å². The number of nitrogens with zero attached hydrogens (tertiary/aromatic N) is 4. The maximum atomic E-state index is 5.04. The molecule has 3 aromatic heterocycles. The topological polar surface area (TPSA) is 59.4 Å². The van der Waals surface area contributed by atoms with Gasteiger partial charge in [0.15, 0.2) is 17.5 Å². The van der Waals surface area contributed by atoms with E-state index >= 15 is 0 Å². The van der Waals surface area contributed by atoms with E-state index in [1.165, 1.54) is 5.39 Å². The van der Waals surface area contributed by atoms with E-state index in [1.54, 1.807) is 0 Å². The molecule has 0 amide bonds. The van der Waals surface area contributed by atoms with Crippen molar-refractivity contribution >= 4 is 32.7 Å². The Labute approximate surface area is 230 Å². The summed E-state index contributed by atoms with van der Waals surface area (Å²) in [7, 11) is 0. The Kier molecular flexibility index (Phi) is 5.07. The molecule has 40 heavy (non-hydrogen) atoms. The first-order valence-corrected chi connectivity index (χ1v) is 13.3. The quantitative estimate of drug-likeness (QED) is 0.257. The molecule has 5 nitrogen and oxygen atoms in total. The Morgan fingerprint density at radius 2 is 1.12 bits per heavy atom. The summed E-state index contributed by atoms with van der Waals surface area (Å²) < 4.78 is 2.26. The summed E-state index contributed by atoms with van der Waals surface area (Å²) in [5, 5.41) is 3.44. The molecule has 0 fully saturated rings. The van der Waals surface area contributed by atoms with Crippen molar-refractivity contribution in [2.75, 3.05) is 0 Å². The lowest BCUT2D eigenvalue weighted by Crippen LogP contribution is -2.01. The van der Waals surface area contributed by atoms with Gasteiger partial charge >= 0.3 is 0 Å². The number of nitrogens with one attached hydrogen (secondary N) is 1. The van der Waals surface area contributed by atoms with Gasteiger partial charge in [-0.2, -0.15) is 0 Å². The fourth-order valence-corrected chi connectivity index (χ4v) is 5.56. The number of rotatable bonds is 4. The van der Waals surface area contributed by atoms with Crippen molar-refractivity contribution in [2.24, 2.45) is 0 Å². The molecule has 0 aliphatic heterocycles. The van der Waals surface area contributed by atoms with E-state index in [1.807, 2.05) is 66.7 Å². The smallest absolute Gasteiger partial charge is 0.166 e. The molecule has 0 aliphatic rings. The second kappa shape index (κ2) is 9.03. The standard InChI is InChI=1S/C35H23N5/c1-4-12-23(13-5-1)33-37-34(24-14-6-2-7-15-24)39-35(38-33)28-22-25-20-21-40(26-16-8-3-9-17-26)32(25)30-27-18-10-11-19-29(27)36-31(28)30/h1-22,36H. The van der Waals surface area contributed by atoms with E-state index < -0.39 is 0 Å². The molecule has 0 unspecified atom stereocenters. The van der Waals surface area contributed by atoms with E-state index in [0.29, 0.717) is 17.5 Å². The lowest BCUT2D eigenvalue weighted by Gasteiger charge is -2.11. The summed E-state index contributed by atoms with van der Waals surface area (Å²) in [6, 6.07) is 43.5. The molecule has 0 atom stereocenters. The minimum atomic E-state index is 0.638. The van der Waals surface area contributed by atoms with Crippen LogP contribution in [0.1, 0.15) is 0 Å². The number of hydrogen-bond acceptors (Lipinski definition) is 3. The van der Waals surface area contributed by atoms with Crippen LogP contribution in [-0.2, 0) is 0 Å². The number of fused-ring (bicyclic) bond motifs is 5. The predicted molar refractivity (Wildman–Crippen MR) is 162 cm³/mol. The van der Waals surface area contributed by atoms with Gasteiger partial charge in [-0.3, -0.25) is 0 Å². The lowest BCUT2D eigenvalue weighted by molar-refractivity contribution is 1.08. The largest absolute Gasteiger partial charge is 0.354 e. The maximum absolute atomic E-state index is 5.04. The van der Waals surface area contributed by atoms with Crippen molar-refractivity contribution < 1.29 is 0 Å². The Morgan fingerprint density at radius 3 is 1.80 bits per heavy atom. The normalized spacial score (nSPS) is 11.5. The number of hydrogen-bond donors (Lipinski definition) is 1. The first-order chi connectivity index (χ1) is 19.8. The molecule has 5 aromatic carbocycles. The van der Waals surface area contributed by atoms with Gasteiger partial charge in [-0.1, -0.05) is 97.1 Å². The monoisotopic (exact) mass is 513 g/mol. The minimum absolute atomic E-state index is 0.638. The maximum Gasteiger partial charge on any atom is 0.166 e. The van der Waals surface area contributed by atoms with Gasteiger partial charge in [0.1, 0.15) is 0 Å². The van der Waals surface area contributed by atoms with Gasteiger partial charge in [0, 0.05) is 50.2 Å². The zero-order valence-electron chi connectivity index (χ0n) is 21.5. The molecule has 8 rings (SSSR count). The van der Waals surface area contributed by atoms with Crippen molar-refractivity contribution in [3.8, 4) is 39.9 Å². The molecule has 0 aliphatic carbocycles. The van der Waals surface area contributed by atoms with Crippen LogP contribution in [0.5, 0.6) is 0 Å². The van der Waals surface area contributed by atoms with Gasteiger partial charge in [0.05, 0.1) is 11.0 Å². The molecule has 0 saturated heterocycles. The van der Waals surface area contributed by atoms with Gasteiger partial charge in [0.25, 0.3) is 0 Å². The van der Waals surface area contributed by atoms with Crippen LogP contribution in [0.15, 0.2) is 134 Å². The third kappa shape index (κ3) is 3.60. The van der Waals surface area contributed by atoms with Crippen LogP contribution in [0.3, 0.4) is 0 Å². The molecular formula is C35H23N5. The van der Waals surface area contributed by atoms with Crippen molar-refractivity contribution in [2.45, 2.75) is 0 Å². The van der Waals surface area contributed by atoms with Gasteiger partial charge in [-0.15, -0.1) is 0 Å². The molecule has 0 bridgehead atoms. The molecular weight excluding hydrogens is 490 g/mol. The summed E-state index contributed by atoms with van der Waals surface area (Å²) >= 11 is 0. The van der Waals surface area contributed by atoms with Crippen LogP contribution in [0, 0.1) is 0 Å². The summed E-state index contributed by atoms with van der Waals surface area (Å²) in [5.41, 5.74) is 7.21. The summed E-state index contributed by atoms with van der Waals surface area (Å²) in [5.74, 6) is 1.94. The predicted octanol–water partition coefficient (Wildman–Crippen LogP) is 8.45. The van der Waals surface area contributed by atoms with E-state index in [2.05, 4.69) is 76.4 Å². The Balaban J connectivity index is 1.47. The summed E-state index contributed by atoms with van der Waals surface area (Å²) in [6.07, 6.45) is 2.14. The van der Waals surface area contributed by atoms with Crippen LogP contribution in [0.4, 0.5) is 0 Å². The van der Waals surface area contributed by atoms with Crippen LogP contribution >= 0.6 is 0 Å². The van der Waals surface area contributed by atoms with E-state index in [-0.39, 0.29) is 0 Å². The van der Waals surface area contributed by atoms with Crippen LogP contribution in [0.25, 0.3) is 72.6 Å². The van der Waals surface area contributed by atoms with E-state index in [0.717, 1.165) is 49.7 Å². The summed E-state index contributed by atoms with van der Waals surface area (Å²) in [4.78, 5) is 18.7. The zero-order valence-corrected chi connectivity index (χ0v) is 21.5. The average Bonchev–Trinajstić information content (AvgIpc) is 3.63. The van der Waals surface area contributed by atoms with Crippen molar-refractivity contribution in [1.82, 2.24) is 24.5 Å². The van der Waals surface area contributed by atoms with E-state index in [4.69, 9.17) is 15.0 Å². The number of aromatic nitrogens is 5. The molecule has 5 heteroatoms. The first-order valence-electron chi connectivity index (χ1n) is 13.3. The molecule has 1 N–H and O–H groups in total. The molecule has 0 radical (unpaired) electrons. The lowest BCUT2D eigenvalue weighted by atomic mass is 10.0. The third-order valence-electron chi connectivity index (χ3n) is 7.40. The third-order valence-corrected chi connectivity index (χ3v) is 7.40. The highest BCUT2D eigenvalue weighted by atomic mass is 15.0. The molecule has 188 valence electrons. The van der Waals surface area contributed by atoms with Crippen molar-refractivity contribution in [3.63, 3.8) is 0 Å². The molecule has 0 saturated carbocycles. The molecule has 3 heterocycles. The van der Waals surface area contributed by atoms with Gasteiger partial charge in [-0.25, -0.2) is 15.0 Å². The van der Waals surface area contributed by atoms with Crippen LogP contribution in [-0.4, -0.2) is 24.5 Å². The van der Waals surface area contributed by atoms with E-state index in [9.17, 15) is 0 Å².